The van der Waals surface area contributed by atoms with Crippen molar-refractivity contribution >= 4 is 26.6 Å². The highest BCUT2D eigenvalue weighted by molar-refractivity contribution is 7.95. The minimum Gasteiger partial charge on any atom is -0.312 e. The van der Waals surface area contributed by atoms with E-state index in [4.69, 9.17) is 0 Å². The molecule has 0 aliphatic heterocycles. The fourth-order valence-corrected chi connectivity index (χ4v) is 5.46. The van der Waals surface area contributed by atoms with Crippen molar-refractivity contribution in [3.05, 3.63) is 52.9 Å². The molecule has 0 radical (unpaired) electrons. The summed E-state index contributed by atoms with van der Waals surface area (Å²) in [6.45, 7) is 8.05. The van der Waals surface area contributed by atoms with E-state index in [-0.39, 0.29) is 22.1 Å². The summed E-state index contributed by atoms with van der Waals surface area (Å²) in [5, 5.41) is 0. The van der Waals surface area contributed by atoms with E-state index in [9.17, 15) is 17.2 Å². The number of hydrogen-bond donors (Lipinski definition) is 0. The average molecular weight is 464 g/mol. The van der Waals surface area contributed by atoms with Gasteiger partial charge in [0.05, 0.1) is 10.7 Å². The highest BCUT2D eigenvalue weighted by atomic mass is 32.2. The normalized spacial score (nSPS) is 17.5. The van der Waals surface area contributed by atoms with E-state index in [1.54, 1.807) is 37.6 Å². The van der Waals surface area contributed by atoms with Crippen molar-refractivity contribution in [3.63, 3.8) is 0 Å². The summed E-state index contributed by atoms with van der Waals surface area (Å²) in [7, 11) is -1.87. The highest BCUT2D eigenvalue weighted by Crippen LogP contribution is 2.34. The van der Waals surface area contributed by atoms with Crippen molar-refractivity contribution in [3.8, 4) is 0 Å². The van der Waals surface area contributed by atoms with Gasteiger partial charge in [-0.2, -0.15) is 0 Å². The molecular formula is C24H31F2N3O2S. The van der Waals surface area contributed by atoms with Crippen molar-refractivity contribution in [2.24, 2.45) is 13.0 Å². The van der Waals surface area contributed by atoms with Crippen LogP contribution < -0.4 is 0 Å². The van der Waals surface area contributed by atoms with E-state index in [0.29, 0.717) is 22.6 Å². The molecule has 0 spiro atoms. The van der Waals surface area contributed by atoms with Gasteiger partial charge in [0.1, 0.15) is 11.3 Å². The number of nitrogens with zero attached hydrogens (tertiary/aromatic N) is 3. The summed E-state index contributed by atoms with van der Waals surface area (Å²) in [6, 6.07) is 1.31. The Balaban J connectivity index is 2.20. The van der Waals surface area contributed by atoms with Crippen LogP contribution >= 0.6 is 0 Å². The molecule has 1 aliphatic rings. The minimum atomic E-state index is -3.58. The van der Waals surface area contributed by atoms with Crippen LogP contribution in [-0.4, -0.2) is 28.7 Å². The zero-order valence-electron chi connectivity index (χ0n) is 19.2. The Morgan fingerprint density at radius 2 is 1.97 bits per heavy atom. The van der Waals surface area contributed by atoms with Gasteiger partial charge in [-0.1, -0.05) is 38.8 Å². The van der Waals surface area contributed by atoms with Gasteiger partial charge >= 0.3 is 0 Å². The summed E-state index contributed by atoms with van der Waals surface area (Å²) in [4.78, 5) is 8.84. The van der Waals surface area contributed by atoms with Crippen molar-refractivity contribution in [2.45, 2.75) is 58.8 Å². The Morgan fingerprint density at radius 3 is 2.53 bits per heavy atom. The first-order valence-corrected chi connectivity index (χ1v) is 12.6. The van der Waals surface area contributed by atoms with Gasteiger partial charge in [-0.25, -0.2) is 27.2 Å². The van der Waals surface area contributed by atoms with Crippen molar-refractivity contribution in [1.29, 1.82) is 0 Å². The maximum absolute atomic E-state index is 13.8. The number of sulfone groups is 1. The predicted octanol–water partition coefficient (Wildman–Crippen LogP) is 5.94. The summed E-state index contributed by atoms with van der Waals surface area (Å²) < 4.78 is 55.3. The topological polar surface area (TPSA) is 64.8 Å². The van der Waals surface area contributed by atoms with Gasteiger partial charge in [-0.05, 0) is 43.4 Å². The first-order chi connectivity index (χ1) is 15.0. The van der Waals surface area contributed by atoms with Crippen LogP contribution in [0.25, 0.3) is 16.7 Å². The summed E-state index contributed by atoms with van der Waals surface area (Å²) >= 11 is 0. The molecule has 1 fully saturated rings. The van der Waals surface area contributed by atoms with E-state index < -0.39 is 15.8 Å². The number of hydrogen-bond acceptors (Lipinski definition) is 4. The largest absolute Gasteiger partial charge is 0.312 e. The van der Waals surface area contributed by atoms with Crippen LogP contribution in [0.3, 0.4) is 0 Å². The number of rotatable bonds is 7. The second kappa shape index (κ2) is 9.25. The Kier molecular flexibility index (Phi) is 7.03. The van der Waals surface area contributed by atoms with Gasteiger partial charge in [0.25, 0.3) is 5.92 Å². The van der Waals surface area contributed by atoms with Gasteiger partial charge < -0.3 is 4.57 Å². The minimum absolute atomic E-state index is 0.0559. The van der Waals surface area contributed by atoms with Crippen molar-refractivity contribution in [2.75, 3.05) is 5.75 Å². The fourth-order valence-electron chi connectivity index (χ4n) is 4.28. The number of halogens is 2. The second-order valence-electron chi connectivity index (χ2n) is 8.53. The van der Waals surface area contributed by atoms with Crippen LogP contribution in [-0.2, 0) is 22.8 Å². The van der Waals surface area contributed by atoms with Crippen LogP contribution in [0.1, 0.15) is 64.3 Å². The highest BCUT2D eigenvalue weighted by Gasteiger charge is 2.27. The molecule has 0 bridgehead atoms. The molecule has 2 heterocycles. The fraction of sp³-hybridized carbons (Fsp3) is 0.500. The zero-order chi connectivity index (χ0) is 23.7. The number of alkyl halides is 2. The van der Waals surface area contributed by atoms with E-state index in [1.807, 2.05) is 0 Å². The number of aromatic nitrogens is 3. The number of pyridine rings is 1. The average Bonchev–Trinajstić information content (AvgIpc) is 3.10. The molecule has 2 aromatic heterocycles. The van der Waals surface area contributed by atoms with E-state index in [0.717, 1.165) is 44.4 Å². The molecule has 1 aliphatic carbocycles. The van der Waals surface area contributed by atoms with Crippen molar-refractivity contribution in [1.82, 2.24) is 14.5 Å². The molecule has 2 aromatic rings. The predicted molar refractivity (Wildman–Crippen MR) is 125 cm³/mol. The third-order valence-corrected chi connectivity index (χ3v) is 8.10. The van der Waals surface area contributed by atoms with Crippen LogP contribution in [0.4, 0.5) is 8.78 Å². The summed E-state index contributed by atoms with van der Waals surface area (Å²) in [5.74, 6) is -2.42. The Bertz CT molecular complexity index is 1180. The Hall–Kier alpha value is -2.35. The van der Waals surface area contributed by atoms with Gasteiger partial charge in [0.2, 0.25) is 0 Å². The Labute approximate surface area is 188 Å². The Morgan fingerprint density at radius 1 is 1.31 bits per heavy atom. The molecule has 0 atom stereocenters. The molecule has 8 heteroatoms. The third-order valence-electron chi connectivity index (χ3n) is 6.25. The lowest BCUT2D eigenvalue weighted by Gasteiger charge is -2.23. The second-order valence-corrected chi connectivity index (χ2v) is 10.8. The molecule has 1 saturated carbocycles. The van der Waals surface area contributed by atoms with Gasteiger partial charge in [0, 0.05) is 31.3 Å². The number of allylic oxidation sites excluding steroid dienone is 4. The monoisotopic (exact) mass is 463 g/mol. The third kappa shape index (κ3) is 4.85. The number of imidazole rings is 1. The van der Waals surface area contributed by atoms with Gasteiger partial charge in [0.15, 0.2) is 15.5 Å². The molecule has 0 saturated heterocycles. The SMILES string of the molecule is C=C/C(=C\C(=C(/C)c1nc2cc(C(C)(F)F)cnc2n1C)S(=O)(=O)CC)C1CCCCC1. The van der Waals surface area contributed by atoms with Crippen molar-refractivity contribution < 1.29 is 17.2 Å². The van der Waals surface area contributed by atoms with E-state index >= 15 is 0 Å². The molecule has 3 rings (SSSR count). The molecule has 5 nitrogen and oxygen atoms in total. The molecule has 0 aromatic carbocycles. The maximum atomic E-state index is 13.8. The zero-order valence-corrected chi connectivity index (χ0v) is 20.0. The first kappa shape index (κ1) is 24.3. The lowest BCUT2D eigenvalue weighted by molar-refractivity contribution is 0.0172. The van der Waals surface area contributed by atoms with Crippen LogP contribution in [0.5, 0.6) is 0 Å². The van der Waals surface area contributed by atoms with E-state index in [1.165, 1.54) is 12.5 Å². The van der Waals surface area contributed by atoms with Crippen LogP contribution in [0.2, 0.25) is 0 Å². The molecule has 32 heavy (non-hydrogen) atoms. The smallest absolute Gasteiger partial charge is 0.272 e. The quantitative estimate of drug-likeness (QED) is 0.477. The van der Waals surface area contributed by atoms with E-state index in [2.05, 4.69) is 16.5 Å². The lowest BCUT2D eigenvalue weighted by Crippen LogP contribution is -2.12. The molecule has 0 N–H and O–H groups in total. The van der Waals surface area contributed by atoms with Crippen LogP contribution in [0.15, 0.2) is 41.5 Å². The summed E-state index contributed by atoms with van der Waals surface area (Å²) in [5.41, 5.74) is 1.87. The maximum Gasteiger partial charge on any atom is 0.272 e. The molecule has 174 valence electrons. The van der Waals surface area contributed by atoms with Gasteiger partial charge in [-0.15, -0.1) is 0 Å². The van der Waals surface area contributed by atoms with Crippen LogP contribution in [0, 0.1) is 5.92 Å². The lowest BCUT2D eigenvalue weighted by atomic mass is 9.83. The first-order valence-electron chi connectivity index (χ1n) is 11.0. The molecular weight excluding hydrogens is 432 g/mol. The number of aryl methyl sites for hydroxylation is 1. The standard InChI is InChI=1S/C24H31F2N3O2S/c1-6-17(18-11-9-8-10-12-18)13-21(32(30,31)7-2)16(3)22-28-20-14-19(24(4,25)26)15-27-23(20)29(22)5/h6,13-15,18H,1,7-12H2,2-5H3/b17-13+,21-16-. The molecule has 0 unspecified atom stereocenters. The summed E-state index contributed by atoms with van der Waals surface area (Å²) in [6.07, 6.45) is 10.1. The van der Waals surface area contributed by atoms with Gasteiger partial charge in [-0.3, -0.25) is 0 Å². The molecule has 0 amide bonds. The number of fused-ring (bicyclic) bond motifs is 1.